The lowest BCUT2D eigenvalue weighted by Gasteiger charge is -2.04. The Bertz CT molecular complexity index is 667. The van der Waals surface area contributed by atoms with Crippen molar-refractivity contribution in [1.29, 1.82) is 0 Å². The fourth-order valence-corrected chi connectivity index (χ4v) is 3.31. The van der Waals surface area contributed by atoms with Crippen molar-refractivity contribution < 1.29 is 8.42 Å². The molecule has 4 heteroatoms. The first-order valence-corrected chi connectivity index (χ1v) is 6.43. The summed E-state index contributed by atoms with van der Waals surface area (Å²) in [6.07, 6.45) is 3.67. The number of fused-ring (bicyclic) bond motifs is 1. The van der Waals surface area contributed by atoms with Crippen molar-refractivity contribution in [1.82, 2.24) is 4.57 Å². The molecule has 0 amide bonds. The molecule has 1 aliphatic heterocycles. The monoisotopic (exact) mass is 231 g/mol. The molecule has 1 aliphatic rings. The molecule has 0 bridgehead atoms. The second kappa shape index (κ2) is 3.09. The fourth-order valence-electron chi connectivity index (χ4n) is 1.90. The van der Waals surface area contributed by atoms with E-state index < -0.39 is 9.84 Å². The van der Waals surface area contributed by atoms with Gasteiger partial charge in [0.1, 0.15) is 0 Å². The molecule has 3 rings (SSSR count). The van der Waals surface area contributed by atoms with Crippen molar-refractivity contribution >= 4 is 15.5 Å². The highest BCUT2D eigenvalue weighted by atomic mass is 32.2. The van der Waals surface area contributed by atoms with Gasteiger partial charge >= 0.3 is 0 Å². The van der Waals surface area contributed by atoms with Crippen molar-refractivity contribution in [2.24, 2.45) is 0 Å². The number of benzene rings is 1. The maximum Gasteiger partial charge on any atom is 0.202 e. The molecule has 0 unspecified atom stereocenters. The summed E-state index contributed by atoms with van der Waals surface area (Å²) < 4.78 is 25.5. The summed E-state index contributed by atoms with van der Waals surface area (Å²) in [5.74, 6) is 0. The lowest BCUT2D eigenvalue weighted by Crippen LogP contribution is -1.93. The van der Waals surface area contributed by atoms with Gasteiger partial charge in [0, 0.05) is 18.0 Å². The van der Waals surface area contributed by atoms with E-state index in [2.05, 4.69) is 0 Å². The Morgan fingerprint density at radius 2 is 1.62 bits per heavy atom. The highest BCUT2D eigenvalue weighted by Crippen LogP contribution is 2.33. The van der Waals surface area contributed by atoms with Crippen molar-refractivity contribution in [2.75, 3.05) is 0 Å². The molecule has 0 radical (unpaired) electrons. The smallest absolute Gasteiger partial charge is 0.202 e. The summed E-state index contributed by atoms with van der Waals surface area (Å²) in [6.45, 7) is 0. The van der Waals surface area contributed by atoms with Gasteiger partial charge in [-0.3, -0.25) is 0 Å². The molecule has 2 heterocycles. The van der Waals surface area contributed by atoms with E-state index >= 15 is 0 Å². The molecule has 0 spiro atoms. The third-order valence-corrected chi connectivity index (χ3v) is 4.12. The second-order valence-electron chi connectivity index (χ2n) is 3.63. The predicted octanol–water partition coefficient (Wildman–Crippen LogP) is 2.12. The summed E-state index contributed by atoms with van der Waals surface area (Å²) in [5.41, 5.74) is 1.47. The van der Waals surface area contributed by atoms with Crippen LogP contribution in [0.3, 0.4) is 0 Å². The molecule has 0 aliphatic carbocycles. The maximum atomic E-state index is 11.9. The molecule has 1 aromatic heterocycles. The molecular formula is C12H9NO2S. The number of hydrogen-bond acceptors (Lipinski definition) is 2. The van der Waals surface area contributed by atoms with Gasteiger partial charge in [0.15, 0.2) is 0 Å². The van der Waals surface area contributed by atoms with Crippen molar-refractivity contribution in [2.45, 2.75) is 4.90 Å². The quantitative estimate of drug-likeness (QED) is 0.754. The molecule has 16 heavy (non-hydrogen) atoms. The number of sulfone groups is 1. The summed E-state index contributed by atoms with van der Waals surface area (Å²) >= 11 is 0. The Balaban J connectivity index is 2.31. The molecule has 1 aromatic carbocycles. The highest BCUT2D eigenvalue weighted by molar-refractivity contribution is 7.95. The molecule has 0 saturated carbocycles. The Hall–Kier alpha value is -1.81. The minimum atomic E-state index is -3.26. The van der Waals surface area contributed by atoms with Crippen LogP contribution in [0.4, 0.5) is 0 Å². The maximum absolute atomic E-state index is 11.9. The number of nitrogens with zero attached hydrogens (tertiary/aromatic N) is 1. The van der Waals surface area contributed by atoms with Gasteiger partial charge in [0.2, 0.25) is 9.84 Å². The average Bonchev–Trinajstić information content (AvgIpc) is 2.86. The van der Waals surface area contributed by atoms with Gasteiger partial charge in [-0.2, -0.15) is 0 Å². The predicted molar refractivity (Wildman–Crippen MR) is 61.4 cm³/mol. The zero-order valence-corrected chi connectivity index (χ0v) is 9.18. The van der Waals surface area contributed by atoms with Crippen LogP contribution in [0.1, 0.15) is 5.56 Å². The van der Waals surface area contributed by atoms with Crippen LogP contribution in [0, 0.1) is 0 Å². The topological polar surface area (TPSA) is 39.1 Å². The van der Waals surface area contributed by atoms with E-state index in [1.54, 1.807) is 12.1 Å². The van der Waals surface area contributed by atoms with Crippen LogP contribution >= 0.6 is 0 Å². The van der Waals surface area contributed by atoms with E-state index in [-0.39, 0.29) is 0 Å². The number of aromatic nitrogens is 1. The normalized spacial score (nSPS) is 16.9. The van der Waals surface area contributed by atoms with E-state index in [4.69, 9.17) is 0 Å². The van der Waals surface area contributed by atoms with Gasteiger partial charge in [0.25, 0.3) is 0 Å². The SMILES string of the molecule is O=S1(=O)C=C(n2cccc2)c2ccccc21. The second-order valence-corrected chi connectivity index (χ2v) is 5.40. The van der Waals surface area contributed by atoms with Crippen LogP contribution in [-0.2, 0) is 9.84 Å². The van der Waals surface area contributed by atoms with Crippen LogP contribution in [0.15, 0.2) is 59.1 Å². The summed E-state index contributed by atoms with van der Waals surface area (Å²) in [5, 5.41) is 1.32. The van der Waals surface area contributed by atoms with Gasteiger partial charge in [-0.15, -0.1) is 0 Å². The Kier molecular flexibility index (Phi) is 1.82. The standard InChI is InChI=1S/C12H9NO2S/c14-16(15)9-11(13-7-3-4-8-13)10-5-1-2-6-12(10)16/h1-9H. The third-order valence-electron chi connectivity index (χ3n) is 2.62. The number of hydrogen-bond donors (Lipinski definition) is 0. The van der Waals surface area contributed by atoms with Crippen molar-refractivity contribution in [3.05, 3.63) is 59.8 Å². The molecule has 0 saturated heterocycles. The zero-order valence-electron chi connectivity index (χ0n) is 8.37. The lowest BCUT2D eigenvalue weighted by atomic mass is 10.2. The van der Waals surface area contributed by atoms with Crippen LogP contribution in [0.5, 0.6) is 0 Å². The first-order chi connectivity index (χ1) is 7.68. The Morgan fingerprint density at radius 1 is 0.938 bits per heavy atom. The lowest BCUT2D eigenvalue weighted by molar-refractivity contribution is 0.605. The van der Waals surface area contributed by atoms with Gasteiger partial charge in [0.05, 0.1) is 16.0 Å². The van der Waals surface area contributed by atoms with Crippen LogP contribution in [-0.4, -0.2) is 13.0 Å². The average molecular weight is 231 g/mol. The van der Waals surface area contributed by atoms with E-state index in [0.29, 0.717) is 10.6 Å². The number of rotatable bonds is 1. The molecule has 80 valence electrons. The molecule has 3 nitrogen and oxygen atoms in total. The minimum Gasteiger partial charge on any atom is -0.323 e. The molecule has 0 atom stereocenters. The van der Waals surface area contributed by atoms with Crippen molar-refractivity contribution in [3.63, 3.8) is 0 Å². The van der Waals surface area contributed by atoms with Crippen LogP contribution < -0.4 is 0 Å². The summed E-state index contributed by atoms with van der Waals surface area (Å²) in [7, 11) is -3.26. The molecule has 2 aromatic rings. The Labute approximate surface area is 93.6 Å². The summed E-state index contributed by atoms with van der Waals surface area (Å²) in [6, 6.07) is 10.8. The fraction of sp³-hybridized carbons (Fsp3) is 0. The van der Waals surface area contributed by atoms with Crippen molar-refractivity contribution in [3.8, 4) is 0 Å². The van der Waals surface area contributed by atoms with Gasteiger partial charge in [-0.25, -0.2) is 8.42 Å². The van der Waals surface area contributed by atoms with Crippen LogP contribution in [0.2, 0.25) is 0 Å². The zero-order chi connectivity index (χ0) is 11.2. The van der Waals surface area contributed by atoms with E-state index in [0.717, 1.165) is 5.56 Å². The van der Waals surface area contributed by atoms with Gasteiger partial charge in [-0.05, 0) is 18.2 Å². The molecule has 0 N–H and O–H groups in total. The minimum absolute atomic E-state index is 0.388. The molecule has 0 fully saturated rings. The van der Waals surface area contributed by atoms with E-state index in [1.165, 1.54) is 5.41 Å². The van der Waals surface area contributed by atoms with Gasteiger partial charge in [-0.1, -0.05) is 18.2 Å². The first-order valence-electron chi connectivity index (χ1n) is 4.88. The van der Waals surface area contributed by atoms with E-state index in [9.17, 15) is 8.42 Å². The highest BCUT2D eigenvalue weighted by Gasteiger charge is 2.26. The summed E-state index contributed by atoms with van der Waals surface area (Å²) in [4.78, 5) is 0.388. The third kappa shape index (κ3) is 1.23. The largest absolute Gasteiger partial charge is 0.323 e. The first kappa shape index (κ1) is 9.42. The van der Waals surface area contributed by atoms with Gasteiger partial charge < -0.3 is 4.57 Å². The van der Waals surface area contributed by atoms with Crippen LogP contribution in [0.25, 0.3) is 5.70 Å². The Morgan fingerprint density at radius 3 is 2.38 bits per heavy atom. The van der Waals surface area contributed by atoms with E-state index in [1.807, 2.05) is 41.2 Å². The molecular weight excluding hydrogens is 222 g/mol.